The lowest BCUT2D eigenvalue weighted by Crippen LogP contribution is -2.52. The van der Waals surface area contributed by atoms with Crippen LogP contribution in [0.4, 0.5) is 0 Å². The van der Waals surface area contributed by atoms with E-state index < -0.39 is 24.0 Å². The van der Waals surface area contributed by atoms with Crippen LogP contribution in [0.15, 0.2) is 0 Å². The second-order valence-corrected chi connectivity index (χ2v) is 3.58. The topological polar surface area (TPSA) is 57.2 Å². The molecule has 2 rings (SSSR count). The fourth-order valence-corrected chi connectivity index (χ4v) is 2.20. The molecule has 0 aromatic carbocycles. The molecule has 0 aromatic rings. The fraction of sp³-hybridized carbons (Fsp3) is 1.00. The average Bonchev–Trinajstić information content (AvgIpc) is 2.54. The standard InChI is InChI=1S/C8H13BO5/c1-11-3-8-5(12-2)4(6(9)14-8)13-7(8)10/h4-7,10H,3H2,1-2H3/t4-,5?,6+,7?,8+/m0/s1. The van der Waals surface area contributed by atoms with Crippen molar-refractivity contribution in [1.82, 2.24) is 0 Å². The number of aliphatic hydroxyl groups excluding tert-OH is 1. The largest absolute Gasteiger partial charge is 0.381 e. The smallest absolute Gasteiger partial charge is 0.189 e. The second kappa shape index (κ2) is 3.46. The molecule has 14 heavy (non-hydrogen) atoms. The Morgan fingerprint density at radius 3 is 2.79 bits per heavy atom. The van der Waals surface area contributed by atoms with Gasteiger partial charge in [0, 0.05) is 20.2 Å². The van der Waals surface area contributed by atoms with Crippen molar-refractivity contribution in [2.24, 2.45) is 0 Å². The lowest BCUT2D eigenvalue weighted by molar-refractivity contribution is -0.255. The van der Waals surface area contributed by atoms with Crippen LogP contribution in [0.2, 0.25) is 0 Å². The van der Waals surface area contributed by atoms with Crippen LogP contribution in [0.5, 0.6) is 0 Å². The summed E-state index contributed by atoms with van der Waals surface area (Å²) in [5, 5.41) is 9.66. The highest BCUT2D eigenvalue weighted by Crippen LogP contribution is 2.44. The van der Waals surface area contributed by atoms with Crippen molar-refractivity contribution in [1.29, 1.82) is 0 Å². The molecule has 2 bridgehead atoms. The summed E-state index contributed by atoms with van der Waals surface area (Å²) in [6, 6.07) is -0.571. The molecule has 2 unspecified atom stereocenters. The average molecular weight is 200 g/mol. The van der Waals surface area contributed by atoms with Gasteiger partial charge in [-0.15, -0.1) is 0 Å². The number of fused-ring (bicyclic) bond motifs is 2. The minimum Gasteiger partial charge on any atom is -0.381 e. The Hall–Kier alpha value is -0.135. The summed E-state index contributed by atoms with van der Waals surface area (Å²) in [6.07, 6.45) is -1.85. The molecule has 6 heteroatoms. The molecule has 78 valence electrons. The van der Waals surface area contributed by atoms with Crippen molar-refractivity contribution in [2.45, 2.75) is 30.1 Å². The minimum atomic E-state index is -1.04. The lowest BCUT2D eigenvalue weighted by Gasteiger charge is -2.33. The van der Waals surface area contributed by atoms with Crippen molar-refractivity contribution >= 4 is 7.85 Å². The van der Waals surface area contributed by atoms with Gasteiger partial charge >= 0.3 is 0 Å². The molecule has 2 heterocycles. The first-order valence-corrected chi connectivity index (χ1v) is 4.44. The minimum absolute atomic E-state index is 0.191. The van der Waals surface area contributed by atoms with Crippen molar-refractivity contribution in [3.8, 4) is 0 Å². The molecule has 0 aromatic heterocycles. The van der Waals surface area contributed by atoms with E-state index in [0.717, 1.165) is 0 Å². The molecule has 2 fully saturated rings. The van der Waals surface area contributed by atoms with Crippen LogP contribution < -0.4 is 0 Å². The predicted octanol–water partition coefficient (Wildman–Crippen LogP) is -1.37. The van der Waals surface area contributed by atoms with E-state index in [1.54, 1.807) is 0 Å². The van der Waals surface area contributed by atoms with Gasteiger partial charge in [0.15, 0.2) is 11.9 Å². The Bertz CT molecular complexity index is 226. The Kier molecular flexibility index (Phi) is 2.57. The zero-order chi connectivity index (χ0) is 10.3. The van der Waals surface area contributed by atoms with E-state index in [-0.39, 0.29) is 12.7 Å². The van der Waals surface area contributed by atoms with E-state index in [1.165, 1.54) is 14.2 Å². The maximum absolute atomic E-state index is 9.66. The molecule has 0 spiro atoms. The quantitative estimate of drug-likeness (QED) is 0.569. The Balaban J connectivity index is 2.25. The van der Waals surface area contributed by atoms with Crippen LogP contribution in [0.3, 0.4) is 0 Å². The van der Waals surface area contributed by atoms with E-state index in [0.29, 0.717) is 0 Å². The molecule has 0 aliphatic carbocycles. The maximum Gasteiger partial charge on any atom is 0.189 e. The molecule has 1 N–H and O–H groups in total. The molecule has 2 radical (unpaired) electrons. The van der Waals surface area contributed by atoms with Gasteiger partial charge in [0.1, 0.15) is 20.1 Å². The zero-order valence-corrected chi connectivity index (χ0v) is 8.17. The molecule has 5 nitrogen and oxygen atoms in total. The first-order valence-electron chi connectivity index (χ1n) is 4.44. The van der Waals surface area contributed by atoms with Gasteiger partial charge in [0.2, 0.25) is 0 Å². The summed E-state index contributed by atoms with van der Waals surface area (Å²) in [5.74, 6) is 0. The van der Waals surface area contributed by atoms with Crippen molar-refractivity contribution in [3.05, 3.63) is 0 Å². The SMILES string of the molecule is [B][C@@H]1O[C@@]2(COC)C(O)O[C@H]1C2OC. The first kappa shape index (κ1) is 10.4. The van der Waals surface area contributed by atoms with Crippen LogP contribution in [-0.2, 0) is 18.9 Å². The van der Waals surface area contributed by atoms with Gasteiger partial charge in [0.05, 0.1) is 6.61 Å². The summed E-state index contributed by atoms with van der Waals surface area (Å²) in [4.78, 5) is 0. The van der Waals surface area contributed by atoms with E-state index in [2.05, 4.69) is 0 Å². The van der Waals surface area contributed by atoms with Gasteiger partial charge in [-0.3, -0.25) is 0 Å². The van der Waals surface area contributed by atoms with E-state index in [4.69, 9.17) is 26.8 Å². The Labute approximate surface area is 83.7 Å². The van der Waals surface area contributed by atoms with Gasteiger partial charge in [-0.05, 0) is 0 Å². The normalized spacial score (nSPS) is 51.4. The summed E-state index contributed by atoms with van der Waals surface area (Å²) in [5.41, 5.74) is -0.979. The van der Waals surface area contributed by atoms with E-state index in [9.17, 15) is 5.11 Å². The molecule has 0 saturated carbocycles. The number of aliphatic hydroxyl groups is 1. The fourth-order valence-electron chi connectivity index (χ4n) is 2.20. The van der Waals surface area contributed by atoms with E-state index in [1.807, 2.05) is 0 Å². The first-order chi connectivity index (χ1) is 6.65. The highest BCUT2D eigenvalue weighted by molar-refractivity contribution is 6.11. The van der Waals surface area contributed by atoms with Crippen molar-refractivity contribution in [3.63, 3.8) is 0 Å². The van der Waals surface area contributed by atoms with Crippen molar-refractivity contribution in [2.75, 3.05) is 20.8 Å². The van der Waals surface area contributed by atoms with Crippen LogP contribution in [-0.4, -0.2) is 63.9 Å². The molecular formula is C8H13BO5. The molecule has 2 aliphatic rings. The summed E-state index contributed by atoms with van der Waals surface area (Å²) in [6.45, 7) is 0.191. The van der Waals surface area contributed by atoms with Gasteiger partial charge in [-0.25, -0.2) is 0 Å². The number of methoxy groups -OCH3 is 2. The van der Waals surface area contributed by atoms with Gasteiger partial charge in [-0.1, -0.05) is 0 Å². The molecular weight excluding hydrogens is 187 g/mol. The zero-order valence-electron chi connectivity index (χ0n) is 8.17. The maximum atomic E-state index is 9.66. The third-order valence-corrected chi connectivity index (χ3v) is 2.79. The second-order valence-electron chi connectivity index (χ2n) is 3.58. The monoisotopic (exact) mass is 200 g/mol. The Morgan fingerprint density at radius 2 is 2.21 bits per heavy atom. The number of hydrogen-bond donors (Lipinski definition) is 1. The third kappa shape index (κ3) is 1.15. The van der Waals surface area contributed by atoms with E-state index >= 15 is 0 Å². The third-order valence-electron chi connectivity index (χ3n) is 2.79. The molecule has 2 aliphatic heterocycles. The molecule has 0 amide bonds. The van der Waals surface area contributed by atoms with Gasteiger partial charge in [-0.2, -0.15) is 0 Å². The highest BCUT2D eigenvalue weighted by Gasteiger charge is 2.65. The van der Waals surface area contributed by atoms with Crippen LogP contribution in [0, 0.1) is 0 Å². The van der Waals surface area contributed by atoms with Gasteiger partial charge in [0.25, 0.3) is 0 Å². The summed E-state index contributed by atoms with van der Waals surface area (Å²) < 4.78 is 20.9. The van der Waals surface area contributed by atoms with Crippen LogP contribution in [0.1, 0.15) is 0 Å². The lowest BCUT2D eigenvalue weighted by atomic mass is 9.91. The Morgan fingerprint density at radius 1 is 1.50 bits per heavy atom. The molecule has 5 atom stereocenters. The summed E-state index contributed by atoms with van der Waals surface area (Å²) in [7, 11) is 8.72. The van der Waals surface area contributed by atoms with Crippen LogP contribution in [0.25, 0.3) is 0 Å². The van der Waals surface area contributed by atoms with Crippen LogP contribution >= 0.6 is 0 Å². The van der Waals surface area contributed by atoms with Gasteiger partial charge < -0.3 is 24.1 Å². The number of rotatable bonds is 3. The number of hydrogen-bond acceptors (Lipinski definition) is 5. The predicted molar refractivity (Wildman–Crippen MR) is 46.9 cm³/mol. The highest BCUT2D eigenvalue weighted by atomic mass is 16.7. The van der Waals surface area contributed by atoms with Crippen molar-refractivity contribution < 1.29 is 24.1 Å². The summed E-state index contributed by atoms with van der Waals surface area (Å²) >= 11 is 0. The molecule has 2 saturated heterocycles. The number of ether oxygens (including phenoxy) is 4.